The summed E-state index contributed by atoms with van der Waals surface area (Å²) in [5.41, 5.74) is 0. The normalized spacial score (nSPS) is 9.88. The van der Waals surface area contributed by atoms with Gasteiger partial charge in [0.2, 0.25) is 0 Å². The van der Waals surface area contributed by atoms with Gasteiger partial charge in [0, 0.05) is 33.0 Å². The van der Waals surface area contributed by atoms with E-state index in [1.54, 1.807) is 15.9 Å². The fraction of sp³-hybridized carbons (Fsp3) is 0.500. The number of carbonyl (C=O) groups is 1. The number of aliphatic carboxylic acids is 1. The molecule has 0 unspecified atom stereocenters. The van der Waals surface area contributed by atoms with Crippen LogP contribution in [0.3, 0.4) is 0 Å². The monoisotopic (exact) mass is 237 g/mol. The van der Waals surface area contributed by atoms with Gasteiger partial charge in [-0.1, -0.05) is 0 Å². The Labute approximate surface area is 62.9 Å². The van der Waals surface area contributed by atoms with Crippen molar-refractivity contribution in [2.45, 2.75) is 4.83 Å². The molecular formula is C2HBrCuF2O2. The van der Waals surface area contributed by atoms with Crippen LogP contribution in [0.1, 0.15) is 0 Å². The summed E-state index contributed by atoms with van der Waals surface area (Å²) in [6.07, 6.45) is 0. The van der Waals surface area contributed by atoms with Gasteiger partial charge in [0.25, 0.3) is 0 Å². The Hall–Kier alpha value is 0.329. The van der Waals surface area contributed by atoms with Crippen molar-refractivity contribution >= 4 is 21.9 Å². The van der Waals surface area contributed by atoms with E-state index in [1.165, 1.54) is 0 Å². The quantitative estimate of drug-likeness (QED) is 0.548. The van der Waals surface area contributed by atoms with Gasteiger partial charge in [-0.05, 0) is 0 Å². The third-order valence-electron chi connectivity index (χ3n) is 0.243. The molecule has 0 rings (SSSR count). The number of alkyl halides is 3. The topological polar surface area (TPSA) is 37.3 Å². The van der Waals surface area contributed by atoms with Crippen molar-refractivity contribution in [3.8, 4) is 0 Å². The van der Waals surface area contributed by atoms with E-state index in [9.17, 15) is 13.6 Å². The molecule has 0 aliphatic carbocycles. The van der Waals surface area contributed by atoms with Crippen molar-refractivity contribution in [2.75, 3.05) is 0 Å². The van der Waals surface area contributed by atoms with E-state index in [4.69, 9.17) is 5.11 Å². The molecule has 0 atom stereocenters. The van der Waals surface area contributed by atoms with Crippen LogP contribution in [0.15, 0.2) is 0 Å². The van der Waals surface area contributed by atoms with Crippen molar-refractivity contribution in [3.63, 3.8) is 0 Å². The van der Waals surface area contributed by atoms with E-state index >= 15 is 0 Å². The maximum atomic E-state index is 11.2. The predicted molar refractivity (Wildman–Crippen MR) is 21.5 cm³/mol. The first kappa shape index (κ1) is 11.2. The first-order chi connectivity index (χ1) is 2.94. The van der Waals surface area contributed by atoms with Gasteiger partial charge in [0.1, 0.15) is 0 Å². The molecule has 0 fully saturated rings. The van der Waals surface area contributed by atoms with Crippen molar-refractivity contribution in [1.82, 2.24) is 0 Å². The second-order valence-electron chi connectivity index (χ2n) is 0.803. The molecule has 0 aromatic carbocycles. The average Bonchev–Trinajstić information content (AvgIpc) is 1.31. The Balaban J connectivity index is 0. The van der Waals surface area contributed by atoms with Crippen LogP contribution in [0.4, 0.5) is 8.78 Å². The molecule has 0 heterocycles. The van der Waals surface area contributed by atoms with Crippen LogP contribution in [0.5, 0.6) is 0 Å². The molecule has 53 valence electrons. The molecule has 0 saturated carbocycles. The smallest absolute Gasteiger partial charge is 0.395 e. The van der Waals surface area contributed by atoms with E-state index in [0.29, 0.717) is 0 Å². The first-order valence-corrected chi connectivity index (χ1v) is 2.04. The molecule has 0 saturated heterocycles. The van der Waals surface area contributed by atoms with Gasteiger partial charge >= 0.3 is 10.8 Å². The second-order valence-corrected chi connectivity index (χ2v) is 1.80. The van der Waals surface area contributed by atoms with E-state index in [2.05, 4.69) is 0 Å². The molecular weight excluding hydrogens is 237 g/mol. The van der Waals surface area contributed by atoms with Crippen LogP contribution >= 0.6 is 15.9 Å². The van der Waals surface area contributed by atoms with Gasteiger partial charge in [0.15, 0.2) is 0 Å². The molecule has 6 heteroatoms. The molecule has 0 aliphatic rings. The van der Waals surface area contributed by atoms with Crippen LogP contribution in [0.25, 0.3) is 0 Å². The van der Waals surface area contributed by atoms with Crippen LogP contribution in [0.2, 0.25) is 0 Å². The first-order valence-electron chi connectivity index (χ1n) is 1.24. The van der Waals surface area contributed by atoms with Crippen LogP contribution in [-0.4, -0.2) is 15.9 Å². The van der Waals surface area contributed by atoms with Gasteiger partial charge in [0.05, 0.1) is 0 Å². The minimum atomic E-state index is -3.77. The summed E-state index contributed by atoms with van der Waals surface area (Å²) < 4.78 is 22.3. The summed E-state index contributed by atoms with van der Waals surface area (Å²) in [5.74, 6) is -2.17. The van der Waals surface area contributed by atoms with Gasteiger partial charge in [-0.15, -0.1) is 0 Å². The van der Waals surface area contributed by atoms with Gasteiger partial charge < -0.3 is 5.11 Å². The zero-order chi connectivity index (χ0) is 6.08. The summed E-state index contributed by atoms with van der Waals surface area (Å²) in [5, 5.41) is 7.45. The maximum Gasteiger partial charge on any atom is 0.395 e. The van der Waals surface area contributed by atoms with Crippen molar-refractivity contribution in [1.29, 1.82) is 0 Å². The Bertz CT molecular complexity index is 90.5. The van der Waals surface area contributed by atoms with Crippen LogP contribution in [0, 0.1) is 0 Å². The van der Waals surface area contributed by atoms with Crippen LogP contribution in [-0.2, 0) is 21.9 Å². The summed E-state index contributed by atoms with van der Waals surface area (Å²) in [7, 11) is 0. The molecule has 1 N–H and O–H groups in total. The number of hydrogen-bond donors (Lipinski definition) is 1. The largest absolute Gasteiger partial charge is 0.476 e. The predicted octanol–water partition coefficient (Wildman–Crippen LogP) is 1.06. The van der Waals surface area contributed by atoms with Crippen molar-refractivity contribution in [3.05, 3.63) is 0 Å². The Kier molecular flexibility index (Phi) is 4.71. The molecule has 8 heavy (non-hydrogen) atoms. The number of carboxylic acid groups (broad SMARTS) is 1. The number of hydrogen-bond acceptors (Lipinski definition) is 1. The van der Waals surface area contributed by atoms with Gasteiger partial charge in [-0.25, -0.2) is 4.79 Å². The maximum absolute atomic E-state index is 11.2. The minimum Gasteiger partial charge on any atom is -0.476 e. The Morgan fingerprint density at radius 3 is 1.75 bits per heavy atom. The molecule has 1 radical (unpaired) electrons. The zero-order valence-corrected chi connectivity index (χ0v) is 5.82. The zero-order valence-electron chi connectivity index (χ0n) is 3.29. The van der Waals surface area contributed by atoms with Crippen molar-refractivity contribution < 1.29 is 35.8 Å². The van der Waals surface area contributed by atoms with Gasteiger partial charge in [-0.3, -0.25) is 0 Å². The molecule has 0 aliphatic heterocycles. The molecule has 0 bridgehead atoms. The Morgan fingerprint density at radius 1 is 1.62 bits per heavy atom. The van der Waals surface area contributed by atoms with E-state index < -0.39 is 10.8 Å². The van der Waals surface area contributed by atoms with E-state index in [-0.39, 0.29) is 17.1 Å². The second kappa shape index (κ2) is 3.37. The fourth-order valence-electron chi connectivity index (χ4n) is 0. The Morgan fingerprint density at radius 2 is 1.75 bits per heavy atom. The number of rotatable bonds is 1. The third-order valence-corrected chi connectivity index (χ3v) is 0.582. The standard InChI is InChI=1S/C2HBrF2O2.Cu/c3-2(4,5)1(6)7;/h(H,6,7);. The number of halogens is 3. The molecule has 0 amide bonds. The summed E-state index contributed by atoms with van der Waals surface area (Å²) in [6.45, 7) is 0. The summed E-state index contributed by atoms with van der Waals surface area (Å²) in [6, 6.07) is 0. The molecule has 0 aromatic heterocycles. The fourth-order valence-corrected chi connectivity index (χ4v) is 0. The molecule has 0 aromatic rings. The minimum absolute atomic E-state index is 0. The van der Waals surface area contributed by atoms with Crippen LogP contribution < -0.4 is 0 Å². The SMILES string of the molecule is O=C(O)C(F)(F)Br.[Cu]. The molecule has 2 nitrogen and oxygen atoms in total. The summed E-state index contributed by atoms with van der Waals surface area (Å²) >= 11 is 1.61. The van der Waals surface area contributed by atoms with Gasteiger partial charge in [-0.2, -0.15) is 8.78 Å². The van der Waals surface area contributed by atoms with E-state index in [1.807, 2.05) is 0 Å². The van der Waals surface area contributed by atoms with Crippen molar-refractivity contribution in [2.24, 2.45) is 0 Å². The average molecular weight is 238 g/mol. The van der Waals surface area contributed by atoms with E-state index in [0.717, 1.165) is 0 Å². The molecule has 0 spiro atoms. The third kappa shape index (κ3) is 4.49. The summed E-state index contributed by atoms with van der Waals surface area (Å²) in [4.78, 5) is 5.45. The number of carboxylic acids is 1.